The molecule has 1 aromatic heterocycles. The van der Waals surface area contributed by atoms with Gasteiger partial charge in [0.1, 0.15) is 0 Å². The Bertz CT molecular complexity index is 1310. The van der Waals surface area contributed by atoms with E-state index in [1.54, 1.807) is 20.5 Å². The predicted octanol–water partition coefficient (Wildman–Crippen LogP) is 5.16. The van der Waals surface area contributed by atoms with Gasteiger partial charge in [0.15, 0.2) is 11.5 Å². The van der Waals surface area contributed by atoms with Crippen molar-refractivity contribution in [1.82, 2.24) is 15.0 Å². The fraction of sp³-hybridized carbons (Fsp3) is 0.179. The maximum atomic E-state index is 12.6. The molecule has 0 fully saturated rings. The van der Waals surface area contributed by atoms with E-state index in [4.69, 9.17) is 9.47 Å². The number of hydrazone groups is 1. The van der Waals surface area contributed by atoms with E-state index in [1.165, 1.54) is 0 Å². The molecule has 0 aliphatic carbocycles. The van der Waals surface area contributed by atoms with Crippen LogP contribution < -0.4 is 14.9 Å². The molecule has 0 saturated heterocycles. The number of methoxy groups -OCH3 is 2. The molecular formula is C28H28N4O3. The first kappa shape index (κ1) is 23.8. The molecule has 1 heterocycles. The Kier molecular flexibility index (Phi) is 7.57. The second-order valence-corrected chi connectivity index (χ2v) is 7.92. The number of nitrogens with one attached hydrogen (secondary N) is 1. The summed E-state index contributed by atoms with van der Waals surface area (Å²) in [7, 11) is 3.17. The van der Waals surface area contributed by atoms with Crippen LogP contribution >= 0.6 is 0 Å². The smallest absolute Gasteiger partial charge is 0.241 e. The molecule has 0 unspecified atom stereocenters. The zero-order valence-electron chi connectivity index (χ0n) is 20.1. The number of carbonyl (C=O) groups excluding carboxylic acids is 1. The average molecular weight is 469 g/mol. The number of rotatable bonds is 9. The van der Waals surface area contributed by atoms with Crippen molar-refractivity contribution in [3.8, 4) is 34.0 Å². The first-order valence-corrected chi connectivity index (χ1v) is 11.3. The van der Waals surface area contributed by atoms with Gasteiger partial charge in [-0.25, -0.2) is 10.4 Å². The number of nitrogens with zero attached hydrogens (tertiary/aromatic N) is 3. The minimum atomic E-state index is -0.182. The second kappa shape index (κ2) is 11.2. The largest absolute Gasteiger partial charge is 0.493 e. The minimum absolute atomic E-state index is 0.182. The predicted molar refractivity (Wildman–Crippen MR) is 138 cm³/mol. The summed E-state index contributed by atoms with van der Waals surface area (Å²) < 4.78 is 12.6. The van der Waals surface area contributed by atoms with Gasteiger partial charge in [-0.3, -0.25) is 4.79 Å². The lowest BCUT2D eigenvalue weighted by Crippen LogP contribution is -2.21. The van der Waals surface area contributed by atoms with E-state index in [2.05, 4.69) is 27.6 Å². The molecule has 178 valence electrons. The van der Waals surface area contributed by atoms with Crippen LogP contribution in [0.3, 0.4) is 0 Å². The summed E-state index contributed by atoms with van der Waals surface area (Å²) in [6, 6.07) is 25.6. The molecule has 0 saturated carbocycles. The summed E-state index contributed by atoms with van der Waals surface area (Å²) in [4.78, 5) is 17.3. The van der Waals surface area contributed by atoms with Crippen molar-refractivity contribution in [3.63, 3.8) is 0 Å². The molecule has 4 rings (SSSR count). The third-order valence-corrected chi connectivity index (χ3v) is 5.66. The molecule has 4 aromatic rings. The normalized spacial score (nSPS) is 11.2. The second-order valence-electron chi connectivity index (χ2n) is 7.92. The van der Waals surface area contributed by atoms with E-state index >= 15 is 0 Å². The average Bonchev–Trinajstić information content (AvgIpc) is 3.35. The Morgan fingerprint density at radius 3 is 2.23 bits per heavy atom. The summed E-state index contributed by atoms with van der Waals surface area (Å²) in [5.74, 6) is 1.06. The van der Waals surface area contributed by atoms with Gasteiger partial charge in [-0.2, -0.15) is 5.10 Å². The molecule has 1 N–H and O–H groups in total. The topological polar surface area (TPSA) is 77.7 Å². The maximum absolute atomic E-state index is 12.6. The Balaban J connectivity index is 1.48. The summed E-state index contributed by atoms with van der Waals surface area (Å²) in [5.41, 5.74) is 8.10. The number of benzene rings is 3. The molecule has 7 heteroatoms. The van der Waals surface area contributed by atoms with E-state index in [-0.39, 0.29) is 12.3 Å². The van der Waals surface area contributed by atoms with Gasteiger partial charge in [0.05, 0.1) is 37.6 Å². The van der Waals surface area contributed by atoms with Crippen LogP contribution in [0.1, 0.15) is 18.9 Å². The number of aromatic nitrogens is 2. The van der Waals surface area contributed by atoms with Gasteiger partial charge in [-0.05, 0) is 25.1 Å². The van der Waals surface area contributed by atoms with Crippen molar-refractivity contribution in [2.75, 3.05) is 14.2 Å². The number of imidazole rings is 1. The highest BCUT2D eigenvalue weighted by atomic mass is 16.5. The molecule has 0 bridgehead atoms. The molecule has 35 heavy (non-hydrogen) atoms. The Morgan fingerprint density at radius 1 is 0.914 bits per heavy atom. The molecule has 0 atom stereocenters. The van der Waals surface area contributed by atoms with Crippen LogP contribution in [0.5, 0.6) is 11.5 Å². The van der Waals surface area contributed by atoms with E-state index < -0.39 is 0 Å². The van der Waals surface area contributed by atoms with Crippen molar-refractivity contribution < 1.29 is 14.3 Å². The van der Waals surface area contributed by atoms with Crippen molar-refractivity contribution in [2.45, 2.75) is 19.9 Å². The molecule has 1 amide bonds. The van der Waals surface area contributed by atoms with Crippen LogP contribution in [0.25, 0.3) is 22.5 Å². The van der Waals surface area contributed by atoms with E-state index in [9.17, 15) is 4.79 Å². The maximum Gasteiger partial charge on any atom is 0.241 e. The van der Waals surface area contributed by atoms with E-state index in [1.807, 2.05) is 78.2 Å². The highest BCUT2D eigenvalue weighted by Crippen LogP contribution is 2.31. The standard InChI is InChI=1S/C28H28N4O3/c1-20(23-14-15-24(34-2)25(18-23)35-3)30-31-26(33)16-17-32-19-29-27(21-10-6-4-7-11-21)28(32)22-12-8-5-9-13-22/h4-15,18-19H,16-17H2,1-3H3,(H,31,33)/b30-20-. The molecule has 0 radical (unpaired) electrons. The summed E-state index contributed by atoms with van der Waals surface area (Å²) in [6.07, 6.45) is 2.04. The fourth-order valence-corrected chi connectivity index (χ4v) is 3.81. The third-order valence-electron chi connectivity index (χ3n) is 5.66. The highest BCUT2D eigenvalue weighted by molar-refractivity contribution is 5.99. The number of ether oxygens (including phenoxy) is 2. The van der Waals surface area contributed by atoms with Gasteiger partial charge in [-0.15, -0.1) is 0 Å². The number of amides is 1. The quantitative estimate of drug-likeness (QED) is 0.272. The molecule has 0 aliphatic rings. The van der Waals surface area contributed by atoms with Gasteiger partial charge in [-0.1, -0.05) is 60.7 Å². The lowest BCUT2D eigenvalue weighted by Gasteiger charge is -2.11. The molecule has 0 spiro atoms. The molecule has 0 aliphatic heterocycles. The monoisotopic (exact) mass is 468 g/mol. The zero-order valence-corrected chi connectivity index (χ0v) is 20.1. The van der Waals surface area contributed by atoms with Gasteiger partial charge in [0, 0.05) is 29.7 Å². The summed E-state index contributed by atoms with van der Waals surface area (Å²) in [5, 5.41) is 4.27. The van der Waals surface area contributed by atoms with Gasteiger partial charge in [0.25, 0.3) is 0 Å². The highest BCUT2D eigenvalue weighted by Gasteiger charge is 2.15. The summed E-state index contributed by atoms with van der Waals surface area (Å²) in [6.45, 7) is 2.30. The van der Waals surface area contributed by atoms with Crippen molar-refractivity contribution in [2.24, 2.45) is 5.10 Å². The lowest BCUT2D eigenvalue weighted by molar-refractivity contribution is -0.121. The first-order chi connectivity index (χ1) is 17.1. The van der Waals surface area contributed by atoms with Crippen molar-refractivity contribution in [1.29, 1.82) is 0 Å². The van der Waals surface area contributed by atoms with Crippen molar-refractivity contribution in [3.05, 3.63) is 90.8 Å². The molecular weight excluding hydrogens is 440 g/mol. The number of hydrogen-bond acceptors (Lipinski definition) is 5. The fourth-order valence-electron chi connectivity index (χ4n) is 3.81. The first-order valence-electron chi connectivity index (χ1n) is 11.3. The van der Waals surface area contributed by atoms with Gasteiger partial charge in [0.2, 0.25) is 5.91 Å². The number of carbonyl (C=O) groups is 1. The van der Waals surface area contributed by atoms with Crippen LogP contribution in [-0.2, 0) is 11.3 Å². The molecule has 3 aromatic carbocycles. The number of aryl methyl sites for hydroxylation is 1. The lowest BCUT2D eigenvalue weighted by atomic mass is 10.0. The van der Waals surface area contributed by atoms with Crippen LogP contribution in [0.2, 0.25) is 0 Å². The van der Waals surface area contributed by atoms with E-state index in [0.717, 1.165) is 28.1 Å². The third kappa shape index (κ3) is 5.58. The van der Waals surface area contributed by atoms with Gasteiger partial charge >= 0.3 is 0 Å². The SMILES string of the molecule is COc1ccc(/C(C)=N\NC(=O)CCn2cnc(-c3ccccc3)c2-c2ccccc2)cc1OC. The Hall–Kier alpha value is -4.39. The van der Waals surface area contributed by atoms with Crippen LogP contribution in [0.15, 0.2) is 90.3 Å². The van der Waals surface area contributed by atoms with Crippen LogP contribution in [-0.4, -0.2) is 35.4 Å². The van der Waals surface area contributed by atoms with Crippen molar-refractivity contribution >= 4 is 11.6 Å². The number of hydrogen-bond donors (Lipinski definition) is 1. The Labute approximate surface area is 205 Å². The van der Waals surface area contributed by atoms with Crippen LogP contribution in [0, 0.1) is 0 Å². The Morgan fingerprint density at radius 2 is 1.57 bits per heavy atom. The van der Waals surface area contributed by atoms with Gasteiger partial charge < -0.3 is 14.0 Å². The van der Waals surface area contributed by atoms with E-state index in [0.29, 0.717) is 23.8 Å². The van der Waals surface area contributed by atoms with Crippen LogP contribution in [0.4, 0.5) is 0 Å². The molecule has 7 nitrogen and oxygen atoms in total. The minimum Gasteiger partial charge on any atom is -0.493 e. The zero-order chi connectivity index (χ0) is 24.6. The summed E-state index contributed by atoms with van der Waals surface area (Å²) >= 11 is 0.